The molecule has 1 aliphatic rings. The van der Waals surface area contributed by atoms with Crippen LogP contribution in [-0.2, 0) is 11.3 Å². The summed E-state index contributed by atoms with van der Waals surface area (Å²) in [6.07, 6.45) is 5.00. The van der Waals surface area contributed by atoms with E-state index >= 15 is 0 Å². The van der Waals surface area contributed by atoms with Crippen molar-refractivity contribution in [3.8, 4) is 17.2 Å². The van der Waals surface area contributed by atoms with E-state index in [1.54, 1.807) is 14.2 Å². The molecule has 1 fully saturated rings. The summed E-state index contributed by atoms with van der Waals surface area (Å²) in [4.78, 5) is 7.29. The summed E-state index contributed by atoms with van der Waals surface area (Å²) in [5, 5.41) is 0. The second-order valence-electron chi connectivity index (χ2n) is 7.56. The topological polar surface area (TPSA) is 47.7 Å². The lowest BCUT2D eigenvalue weighted by Gasteiger charge is -2.31. The lowest BCUT2D eigenvalue weighted by molar-refractivity contribution is 0.150. The average Bonchev–Trinajstić information content (AvgIpc) is 3.04. The van der Waals surface area contributed by atoms with Crippen molar-refractivity contribution in [1.82, 2.24) is 9.88 Å². The molecule has 0 unspecified atom stereocenters. The van der Waals surface area contributed by atoms with Gasteiger partial charge in [-0.15, -0.1) is 0 Å². The van der Waals surface area contributed by atoms with Gasteiger partial charge in [-0.1, -0.05) is 0 Å². The van der Waals surface area contributed by atoms with E-state index in [-0.39, 0.29) is 0 Å². The zero-order valence-corrected chi connectivity index (χ0v) is 17.1. The van der Waals surface area contributed by atoms with Gasteiger partial charge in [0.15, 0.2) is 0 Å². The third-order valence-corrected chi connectivity index (χ3v) is 5.58. The minimum absolute atomic E-state index is 0.697. The number of ether oxygens (including phenoxy) is 2. The van der Waals surface area contributed by atoms with Crippen LogP contribution in [0.2, 0.25) is 0 Å². The van der Waals surface area contributed by atoms with Crippen LogP contribution < -0.4 is 4.74 Å². The second kappa shape index (κ2) is 9.38. The molecular formula is C22H32N2O3. The van der Waals surface area contributed by atoms with Crippen molar-refractivity contribution in [2.24, 2.45) is 5.92 Å². The van der Waals surface area contributed by atoms with Crippen molar-refractivity contribution in [2.75, 3.05) is 33.9 Å². The van der Waals surface area contributed by atoms with Crippen LogP contribution in [0.15, 0.2) is 22.6 Å². The first-order valence-electron chi connectivity index (χ1n) is 9.93. The van der Waals surface area contributed by atoms with E-state index in [4.69, 9.17) is 18.9 Å². The minimum atomic E-state index is 0.697. The summed E-state index contributed by atoms with van der Waals surface area (Å²) in [5.41, 5.74) is 3.14. The van der Waals surface area contributed by atoms with Crippen molar-refractivity contribution in [3.63, 3.8) is 0 Å². The van der Waals surface area contributed by atoms with Crippen LogP contribution in [0.1, 0.15) is 42.7 Å². The van der Waals surface area contributed by atoms with Crippen LogP contribution >= 0.6 is 0 Å². The van der Waals surface area contributed by atoms with E-state index in [1.807, 2.05) is 26.0 Å². The van der Waals surface area contributed by atoms with Gasteiger partial charge < -0.3 is 13.9 Å². The Balaban J connectivity index is 1.58. The van der Waals surface area contributed by atoms with Gasteiger partial charge >= 0.3 is 0 Å². The molecule has 1 aromatic heterocycles. The first-order valence-corrected chi connectivity index (χ1v) is 9.93. The summed E-state index contributed by atoms with van der Waals surface area (Å²) < 4.78 is 16.5. The van der Waals surface area contributed by atoms with Crippen LogP contribution in [0.5, 0.6) is 5.75 Å². The maximum Gasteiger partial charge on any atom is 0.226 e. The molecule has 0 radical (unpaired) electrons. The molecule has 5 nitrogen and oxygen atoms in total. The maximum absolute atomic E-state index is 5.96. The molecule has 148 valence electrons. The number of oxazole rings is 1. The molecule has 5 heteroatoms. The van der Waals surface area contributed by atoms with Crippen LogP contribution in [0.25, 0.3) is 11.5 Å². The first kappa shape index (κ1) is 19.9. The van der Waals surface area contributed by atoms with Crippen LogP contribution in [0, 0.1) is 19.8 Å². The van der Waals surface area contributed by atoms with Crippen molar-refractivity contribution in [3.05, 3.63) is 35.2 Å². The van der Waals surface area contributed by atoms with E-state index in [0.29, 0.717) is 5.89 Å². The van der Waals surface area contributed by atoms with Gasteiger partial charge in [0.05, 0.1) is 12.8 Å². The Morgan fingerprint density at radius 1 is 1.19 bits per heavy atom. The molecule has 0 saturated carbocycles. The molecule has 2 heterocycles. The van der Waals surface area contributed by atoms with E-state index in [0.717, 1.165) is 60.5 Å². The monoisotopic (exact) mass is 372 g/mol. The number of likely N-dealkylation sites (tertiary alicyclic amines) is 1. The zero-order valence-electron chi connectivity index (χ0n) is 17.1. The fourth-order valence-corrected chi connectivity index (χ4v) is 3.87. The summed E-state index contributed by atoms with van der Waals surface area (Å²) in [7, 11) is 3.47. The van der Waals surface area contributed by atoms with Gasteiger partial charge in [-0.25, -0.2) is 4.98 Å². The largest absolute Gasteiger partial charge is 0.496 e. The Bertz CT molecular complexity index is 733. The van der Waals surface area contributed by atoms with Crippen LogP contribution in [-0.4, -0.2) is 43.8 Å². The molecule has 1 aliphatic heterocycles. The quantitative estimate of drug-likeness (QED) is 0.634. The Kier molecular flexibility index (Phi) is 6.91. The summed E-state index contributed by atoms with van der Waals surface area (Å²) in [6, 6.07) is 6.05. The minimum Gasteiger partial charge on any atom is -0.496 e. The highest BCUT2D eigenvalue weighted by molar-refractivity contribution is 5.57. The van der Waals surface area contributed by atoms with Crippen LogP contribution in [0.3, 0.4) is 0 Å². The third-order valence-electron chi connectivity index (χ3n) is 5.58. The molecule has 0 N–H and O–H groups in total. The molecule has 27 heavy (non-hydrogen) atoms. The average molecular weight is 373 g/mol. The fraction of sp³-hybridized carbons (Fsp3) is 0.591. The third kappa shape index (κ3) is 5.11. The molecule has 1 saturated heterocycles. The van der Waals surface area contributed by atoms with Crippen molar-refractivity contribution >= 4 is 0 Å². The number of hydrogen-bond acceptors (Lipinski definition) is 5. The second-order valence-corrected chi connectivity index (χ2v) is 7.56. The van der Waals surface area contributed by atoms with Gasteiger partial charge in [0.2, 0.25) is 5.89 Å². The normalized spacial score (nSPS) is 16.0. The smallest absolute Gasteiger partial charge is 0.226 e. The van der Waals surface area contributed by atoms with Gasteiger partial charge in [-0.2, -0.15) is 0 Å². The first-order chi connectivity index (χ1) is 13.1. The van der Waals surface area contributed by atoms with Gasteiger partial charge in [0.25, 0.3) is 0 Å². The molecular weight excluding hydrogens is 340 g/mol. The van der Waals surface area contributed by atoms with E-state index < -0.39 is 0 Å². The van der Waals surface area contributed by atoms with Gasteiger partial charge in [-0.05, 0) is 82.3 Å². The lowest BCUT2D eigenvalue weighted by atomic mass is 9.92. The Labute approximate surface area is 162 Å². The van der Waals surface area contributed by atoms with E-state index in [9.17, 15) is 0 Å². The predicted octanol–water partition coefficient (Wildman–Crippen LogP) is 4.61. The molecule has 1 aromatic carbocycles. The molecule has 0 atom stereocenters. The van der Waals surface area contributed by atoms with Gasteiger partial charge in [0.1, 0.15) is 11.5 Å². The lowest BCUT2D eigenvalue weighted by Crippen LogP contribution is -2.33. The Hall–Kier alpha value is -1.85. The van der Waals surface area contributed by atoms with Gasteiger partial charge in [-0.3, -0.25) is 4.90 Å². The molecule has 0 aliphatic carbocycles. The van der Waals surface area contributed by atoms with E-state index in [1.165, 1.54) is 25.7 Å². The predicted molar refractivity (Wildman–Crippen MR) is 107 cm³/mol. The molecule has 0 amide bonds. The Morgan fingerprint density at radius 2 is 1.96 bits per heavy atom. The molecule has 0 spiro atoms. The van der Waals surface area contributed by atoms with Crippen molar-refractivity contribution in [1.29, 1.82) is 0 Å². The molecule has 3 rings (SSSR count). The highest BCUT2D eigenvalue weighted by Crippen LogP contribution is 2.28. The number of aromatic nitrogens is 1. The van der Waals surface area contributed by atoms with Crippen molar-refractivity contribution < 1.29 is 13.9 Å². The summed E-state index contributed by atoms with van der Waals surface area (Å²) >= 11 is 0. The number of nitrogens with zero attached hydrogens (tertiary/aromatic N) is 2. The Morgan fingerprint density at radius 3 is 2.63 bits per heavy atom. The number of benzene rings is 1. The van der Waals surface area contributed by atoms with Crippen molar-refractivity contribution in [2.45, 2.75) is 46.1 Å². The standard InChI is InChI=1S/C22H32N2O3/c1-16-14-19(7-8-21(16)26-4)22-23-20(17(2)27-22)15-24-11-9-18(10-12-24)6-5-13-25-3/h7-8,14,18H,5-6,9-13,15H2,1-4H3. The molecule has 2 aromatic rings. The maximum atomic E-state index is 5.96. The van der Waals surface area contributed by atoms with Crippen LogP contribution in [0.4, 0.5) is 0 Å². The van der Waals surface area contributed by atoms with Gasteiger partial charge in [0, 0.05) is 25.8 Å². The number of piperidine rings is 1. The number of hydrogen-bond donors (Lipinski definition) is 0. The zero-order chi connectivity index (χ0) is 19.2. The summed E-state index contributed by atoms with van der Waals surface area (Å²) in [5.74, 6) is 3.34. The number of aryl methyl sites for hydroxylation is 2. The molecule has 0 bridgehead atoms. The fourth-order valence-electron chi connectivity index (χ4n) is 3.87. The number of rotatable bonds is 8. The summed E-state index contributed by atoms with van der Waals surface area (Å²) in [6.45, 7) is 8.08. The van der Waals surface area contributed by atoms with E-state index in [2.05, 4.69) is 11.0 Å². The SMILES string of the molecule is COCCCC1CCN(Cc2nc(-c3ccc(OC)c(C)c3)oc2C)CC1. The number of methoxy groups -OCH3 is 2. The highest BCUT2D eigenvalue weighted by atomic mass is 16.5. The highest BCUT2D eigenvalue weighted by Gasteiger charge is 2.21.